The van der Waals surface area contributed by atoms with E-state index >= 15 is 0 Å². The van der Waals surface area contributed by atoms with Crippen LogP contribution in [0.5, 0.6) is 34.5 Å². The molecule has 0 saturated heterocycles. The summed E-state index contributed by atoms with van der Waals surface area (Å²) in [6, 6.07) is 12.3. The van der Waals surface area contributed by atoms with E-state index in [9.17, 15) is 9.18 Å². The fraction of sp³-hybridized carbons (Fsp3) is 0.258. The molecule has 0 aliphatic rings. The van der Waals surface area contributed by atoms with Crippen LogP contribution in [0.1, 0.15) is 6.42 Å². The van der Waals surface area contributed by atoms with Crippen LogP contribution in [0.25, 0.3) is 33.7 Å². The van der Waals surface area contributed by atoms with Gasteiger partial charge < -0.3 is 37.3 Å². The van der Waals surface area contributed by atoms with Gasteiger partial charge in [0.1, 0.15) is 28.3 Å². The highest BCUT2D eigenvalue weighted by molar-refractivity contribution is 7.99. The zero-order valence-electron chi connectivity index (χ0n) is 24.6. The largest absolute Gasteiger partial charge is 0.496 e. The summed E-state index contributed by atoms with van der Waals surface area (Å²) in [4.78, 5) is 13.9. The number of halogens is 1. The van der Waals surface area contributed by atoms with Gasteiger partial charge in [0.25, 0.3) is 5.22 Å². The predicted octanol–water partition coefficient (Wildman–Crippen LogP) is 6.25. The van der Waals surface area contributed by atoms with Crippen molar-refractivity contribution in [2.75, 3.05) is 47.9 Å². The van der Waals surface area contributed by atoms with Crippen LogP contribution in [-0.2, 0) is 0 Å². The molecule has 0 N–H and O–H groups in total. The molecule has 44 heavy (non-hydrogen) atoms. The van der Waals surface area contributed by atoms with Gasteiger partial charge in [0, 0.05) is 29.0 Å². The molecule has 0 amide bonds. The van der Waals surface area contributed by atoms with Gasteiger partial charge in [-0.05, 0) is 42.8 Å². The standard InChI is InChI=1S/C31H29FN2O9S/c1-36-20-15-21(37-2)25-22(16-20)42-27(18-13-23(38-3)28(40-5)24(14-18)39-4)29(26(25)35)41-11-6-12-44-31-34-33-30(43-31)17-7-9-19(32)10-8-17/h7-10,13-16H,6,11-12H2,1-5H3. The third-order valence-electron chi connectivity index (χ3n) is 6.53. The molecule has 0 aliphatic heterocycles. The summed E-state index contributed by atoms with van der Waals surface area (Å²) >= 11 is 1.33. The van der Waals surface area contributed by atoms with Gasteiger partial charge in [-0.1, -0.05) is 11.8 Å². The first-order valence-electron chi connectivity index (χ1n) is 13.3. The Labute approximate surface area is 255 Å². The smallest absolute Gasteiger partial charge is 0.276 e. The zero-order chi connectivity index (χ0) is 31.2. The molecular weight excluding hydrogens is 595 g/mol. The topological polar surface area (TPSA) is 125 Å². The molecule has 0 radical (unpaired) electrons. The van der Waals surface area contributed by atoms with Crippen LogP contribution in [0.15, 0.2) is 67.4 Å². The van der Waals surface area contributed by atoms with Crippen LogP contribution in [0.3, 0.4) is 0 Å². The molecule has 230 valence electrons. The number of nitrogens with zero attached hydrogens (tertiary/aromatic N) is 2. The van der Waals surface area contributed by atoms with E-state index in [1.54, 1.807) is 36.4 Å². The van der Waals surface area contributed by atoms with E-state index in [0.29, 0.717) is 51.5 Å². The lowest BCUT2D eigenvalue weighted by atomic mass is 10.1. The monoisotopic (exact) mass is 624 g/mol. The quantitative estimate of drug-likeness (QED) is 0.109. The SMILES string of the molecule is COc1cc(OC)c2c(=O)c(OCCCSc3nnc(-c4ccc(F)cc4)o3)c(-c3cc(OC)c(OC)c(OC)c3)oc2c1. The molecule has 0 bridgehead atoms. The first-order valence-corrected chi connectivity index (χ1v) is 14.3. The Morgan fingerprint density at radius 2 is 1.48 bits per heavy atom. The Morgan fingerprint density at radius 3 is 2.11 bits per heavy atom. The molecule has 2 heterocycles. The number of hydrogen-bond donors (Lipinski definition) is 0. The van der Waals surface area contributed by atoms with Crippen molar-refractivity contribution >= 4 is 22.7 Å². The zero-order valence-corrected chi connectivity index (χ0v) is 25.4. The molecule has 13 heteroatoms. The molecule has 0 spiro atoms. The minimum atomic E-state index is -0.428. The number of rotatable bonds is 13. The summed E-state index contributed by atoms with van der Waals surface area (Å²) in [7, 11) is 7.45. The van der Waals surface area contributed by atoms with Gasteiger partial charge in [0.2, 0.25) is 22.8 Å². The first-order chi connectivity index (χ1) is 21.4. The number of benzene rings is 3. The van der Waals surface area contributed by atoms with Crippen LogP contribution >= 0.6 is 11.8 Å². The van der Waals surface area contributed by atoms with Crippen LogP contribution in [0.4, 0.5) is 4.39 Å². The van der Waals surface area contributed by atoms with Crippen molar-refractivity contribution in [1.29, 1.82) is 0 Å². The second-order valence-electron chi connectivity index (χ2n) is 9.14. The van der Waals surface area contributed by atoms with E-state index in [4.69, 9.17) is 37.3 Å². The Hall–Kier alpha value is -4.91. The predicted molar refractivity (Wildman–Crippen MR) is 161 cm³/mol. The summed E-state index contributed by atoms with van der Waals surface area (Å²) < 4.78 is 58.6. The lowest BCUT2D eigenvalue weighted by Gasteiger charge is -2.16. The Morgan fingerprint density at radius 1 is 0.773 bits per heavy atom. The minimum absolute atomic E-state index is 0.0170. The van der Waals surface area contributed by atoms with Crippen molar-refractivity contribution < 1.29 is 41.6 Å². The normalized spacial score (nSPS) is 11.0. The number of fused-ring (bicyclic) bond motifs is 1. The highest BCUT2D eigenvalue weighted by Crippen LogP contribution is 2.44. The molecule has 0 aliphatic carbocycles. The van der Waals surface area contributed by atoms with Gasteiger partial charge in [0.05, 0.1) is 42.2 Å². The maximum absolute atomic E-state index is 13.9. The van der Waals surface area contributed by atoms with E-state index in [-0.39, 0.29) is 46.5 Å². The number of ether oxygens (including phenoxy) is 6. The summed E-state index contributed by atoms with van der Waals surface area (Å²) in [6.45, 7) is 0.165. The molecule has 5 aromatic rings. The van der Waals surface area contributed by atoms with Gasteiger partial charge in [-0.25, -0.2) is 4.39 Å². The minimum Gasteiger partial charge on any atom is -0.496 e. The molecule has 5 rings (SSSR count). The Balaban J connectivity index is 1.43. The van der Waals surface area contributed by atoms with Gasteiger partial charge in [-0.3, -0.25) is 4.79 Å². The van der Waals surface area contributed by atoms with Crippen molar-refractivity contribution in [2.45, 2.75) is 11.6 Å². The fourth-order valence-electron chi connectivity index (χ4n) is 4.43. The lowest BCUT2D eigenvalue weighted by molar-refractivity contribution is 0.309. The summed E-state index contributed by atoms with van der Waals surface area (Å²) in [5, 5.41) is 8.62. The van der Waals surface area contributed by atoms with Crippen LogP contribution < -0.4 is 33.8 Å². The van der Waals surface area contributed by atoms with Crippen molar-refractivity contribution in [3.63, 3.8) is 0 Å². The van der Waals surface area contributed by atoms with E-state index in [2.05, 4.69) is 10.2 Å². The van der Waals surface area contributed by atoms with Gasteiger partial charge in [0.15, 0.2) is 17.3 Å². The van der Waals surface area contributed by atoms with Crippen LogP contribution in [0.2, 0.25) is 0 Å². The molecule has 0 fully saturated rings. The molecule has 0 saturated carbocycles. The molecule has 11 nitrogen and oxygen atoms in total. The molecule has 3 aromatic carbocycles. The van der Waals surface area contributed by atoms with E-state index in [0.717, 1.165) is 0 Å². The second-order valence-corrected chi connectivity index (χ2v) is 10.2. The third kappa shape index (κ3) is 6.23. The fourth-order valence-corrected chi connectivity index (χ4v) is 5.10. The third-order valence-corrected chi connectivity index (χ3v) is 7.44. The van der Waals surface area contributed by atoms with Gasteiger partial charge >= 0.3 is 0 Å². The maximum atomic E-state index is 13.9. The summed E-state index contributed by atoms with van der Waals surface area (Å²) in [6.07, 6.45) is 0.519. The molecule has 0 atom stereocenters. The summed E-state index contributed by atoms with van der Waals surface area (Å²) in [5.74, 6) is 2.47. The number of aromatic nitrogens is 2. The summed E-state index contributed by atoms with van der Waals surface area (Å²) in [5.41, 5.74) is 0.891. The van der Waals surface area contributed by atoms with E-state index in [1.807, 2.05) is 0 Å². The Kier molecular flexibility index (Phi) is 9.44. The maximum Gasteiger partial charge on any atom is 0.276 e. The number of methoxy groups -OCH3 is 5. The van der Waals surface area contributed by atoms with Gasteiger partial charge in [-0.15, -0.1) is 10.2 Å². The second kappa shape index (κ2) is 13.6. The first kappa shape index (κ1) is 30.5. The van der Waals surface area contributed by atoms with Crippen LogP contribution in [0, 0.1) is 5.82 Å². The molecular formula is C31H29FN2O9S. The van der Waals surface area contributed by atoms with Crippen molar-refractivity contribution in [2.24, 2.45) is 0 Å². The van der Waals surface area contributed by atoms with Crippen molar-refractivity contribution in [3.05, 3.63) is 64.6 Å². The van der Waals surface area contributed by atoms with Gasteiger partial charge in [-0.2, -0.15) is 0 Å². The van der Waals surface area contributed by atoms with Crippen molar-refractivity contribution in [3.8, 4) is 57.3 Å². The average Bonchev–Trinajstić information content (AvgIpc) is 3.53. The number of thioether (sulfide) groups is 1. The molecule has 2 aromatic heterocycles. The van der Waals surface area contributed by atoms with Crippen LogP contribution in [-0.4, -0.2) is 58.1 Å². The van der Waals surface area contributed by atoms with E-state index < -0.39 is 5.43 Å². The lowest BCUT2D eigenvalue weighted by Crippen LogP contribution is -2.12. The number of hydrogen-bond acceptors (Lipinski definition) is 12. The highest BCUT2D eigenvalue weighted by Gasteiger charge is 2.24. The highest BCUT2D eigenvalue weighted by atomic mass is 32.2. The van der Waals surface area contributed by atoms with E-state index in [1.165, 1.54) is 59.4 Å². The Bertz CT molecular complexity index is 1800. The van der Waals surface area contributed by atoms with Crippen molar-refractivity contribution in [1.82, 2.24) is 10.2 Å². The molecule has 0 unspecified atom stereocenters. The average molecular weight is 625 g/mol.